The SMILES string of the molecule is Cc1ncn(-c2ccc(Nc3nccc(-c4noc(C)c4I)n3)cc2)n1.O=C(O)C(F)(F)F. The van der Waals surface area contributed by atoms with E-state index in [0.717, 1.165) is 26.5 Å². The second-order valence-electron chi connectivity index (χ2n) is 6.38. The van der Waals surface area contributed by atoms with Gasteiger partial charge in [0.15, 0.2) is 0 Å². The molecule has 0 aliphatic rings. The molecule has 0 fully saturated rings. The molecule has 33 heavy (non-hydrogen) atoms. The van der Waals surface area contributed by atoms with E-state index in [4.69, 9.17) is 14.4 Å². The van der Waals surface area contributed by atoms with Crippen LogP contribution in [0.1, 0.15) is 11.6 Å². The van der Waals surface area contributed by atoms with E-state index in [9.17, 15) is 13.2 Å². The van der Waals surface area contributed by atoms with Gasteiger partial charge in [-0.15, -0.1) is 0 Å². The maximum Gasteiger partial charge on any atom is 0.490 e. The Balaban J connectivity index is 0.000000383. The molecule has 2 N–H and O–H groups in total. The largest absolute Gasteiger partial charge is 0.490 e. The van der Waals surface area contributed by atoms with Crippen molar-refractivity contribution in [3.05, 3.63) is 58.0 Å². The first-order chi connectivity index (χ1) is 15.5. The van der Waals surface area contributed by atoms with Gasteiger partial charge in [0.1, 0.15) is 23.6 Å². The number of carboxylic acid groups (broad SMARTS) is 1. The van der Waals surface area contributed by atoms with E-state index >= 15 is 0 Å². The van der Waals surface area contributed by atoms with E-state index < -0.39 is 12.1 Å². The van der Waals surface area contributed by atoms with Crippen LogP contribution in [0.2, 0.25) is 0 Å². The highest BCUT2D eigenvalue weighted by molar-refractivity contribution is 14.1. The lowest BCUT2D eigenvalue weighted by molar-refractivity contribution is -0.192. The zero-order chi connectivity index (χ0) is 24.2. The Kier molecular flexibility index (Phi) is 7.25. The topological polar surface area (TPSA) is 132 Å². The van der Waals surface area contributed by atoms with Crippen molar-refractivity contribution in [3.63, 3.8) is 0 Å². The van der Waals surface area contributed by atoms with Gasteiger partial charge in [-0.3, -0.25) is 0 Å². The number of hydrogen-bond donors (Lipinski definition) is 2. The van der Waals surface area contributed by atoms with Gasteiger partial charge in [0.05, 0.1) is 15.0 Å². The van der Waals surface area contributed by atoms with Crippen molar-refractivity contribution in [1.82, 2.24) is 29.9 Å². The number of benzene rings is 1. The number of aromatic nitrogens is 6. The van der Waals surface area contributed by atoms with Gasteiger partial charge in [0.25, 0.3) is 0 Å². The quantitative estimate of drug-likeness (QED) is 0.343. The molecular formula is C19H15F3IN7O3. The van der Waals surface area contributed by atoms with Crippen LogP contribution in [0.4, 0.5) is 24.8 Å². The summed E-state index contributed by atoms with van der Waals surface area (Å²) in [6.07, 6.45) is -1.71. The number of nitrogens with zero attached hydrogens (tertiary/aromatic N) is 6. The molecule has 10 nitrogen and oxygen atoms in total. The lowest BCUT2D eigenvalue weighted by Crippen LogP contribution is -2.21. The zero-order valence-corrected chi connectivity index (χ0v) is 19.2. The smallest absolute Gasteiger partial charge is 0.475 e. The van der Waals surface area contributed by atoms with Crippen molar-refractivity contribution >= 4 is 40.2 Å². The van der Waals surface area contributed by atoms with Crippen molar-refractivity contribution in [2.75, 3.05) is 5.32 Å². The van der Waals surface area contributed by atoms with Gasteiger partial charge in [-0.1, -0.05) is 5.16 Å². The number of aliphatic carboxylic acids is 1. The summed E-state index contributed by atoms with van der Waals surface area (Å²) >= 11 is 2.20. The predicted octanol–water partition coefficient (Wildman–Crippen LogP) is 4.31. The minimum atomic E-state index is -5.08. The van der Waals surface area contributed by atoms with E-state index in [1.807, 2.05) is 38.1 Å². The van der Waals surface area contributed by atoms with Gasteiger partial charge in [0, 0.05) is 11.9 Å². The van der Waals surface area contributed by atoms with Gasteiger partial charge in [-0.2, -0.15) is 18.3 Å². The maximum atomic E-state index is 10.6. The number of aryl methyl sites for hydroxylation is 2. The molecule has 4 aromatic rings. The summed E-state index contributed by atoms with van der Waals surface area (Å²) in [5, 5.41) is 18.7. The van der Waals surface area contributed by atoms with E-state index in [1.165, 1.54) is 0 Å². The van der Waals surface area contributed by atoms with Crippen LogP contribution in [0, 0.1) is 17.4 Å². The number of halogens is 4. The Morgan fingerprint density at radius 2 is 1.82 bits per heavy atom. The molecule has 4 rings (SSSR count). The van der Waals surface area contributed by atoms with Crippen molar-refractivity contribution in [3.8, 4) is 17.1 Å². The molecule has 0 radical (unpaired) electrons. The molecular weight excluding hydrogens is 558 g/mol. The van der Waals surface area contributed by atoms with Gasteiger partial charge >= 0.3 is 12.1 Å². The number of alkyl halides is 3. The van der Waals surface area contributed by atoms with E-state index in [0.29, 0.717) is 17.3 Å². The highest BCUT2D eigenvalue weighted by atomic mass is 127. The third-order valence-electron chi connectivity index (χ3n) is 3.93. The van der Waals surface area contributed by atoms with E-state index in [-0.39, 0.29) is 0 Å². The number of anilines is 2. The molecule has 0 bridgehead atoms. The van der Waals surface area contributed by atoms with Crippen LogP contribution in [0.3, 0.4) is 0 Å². The summed E-state index contributed by atoms with van der Waals surface area (Å²) in [5.74, 6) is -0.765. The normalized spacial score (nSPS) is 11.0. The lowest BCUT2D eigenvalue weighted by Gasteiger charge is -2.07. The van der Waals surface area contributed by atoms with Crippen LogP contribution in [-0.4, -0.2) is 47.1 Å². The van der Waals surface area contributed by atoms with Crippen molar-refractivity contribution < 1.29 is 27.6 Å². The van der Waals surface area contributed by atoms with Gasteiger partial charge < -0.3 is 14.9 Å². The first kappa shape index (κ1) is 24.1. The molecule has 3 heterocycles. The fourth-order valence-corrected chi connectivity index (χ4v) is 2.84. The second-order valence-corrected chi connectivity index (χ2v) is 7.46. The van der Waals surface area contributed by atoms with Crippen molar-refractivity contribution in [2.24, 2.45) is 0 Å². The number of carbonyl (C=O) groups is 1. The summed E-state index contributed by atoms with van der Waals surface area (Å²) in [4.78, 5) is 21.8. The molecule has 0 unspecified atom stereocenters. The number of carboxylic acids is 1. The van der Waals surface area contributed by atoms with E-state index in [1.54, 1.807) is 23.3 Å². The van der Waals surface area contributed by atoms with Crippen LogP contribution in [0.25, 0.3) is 17.1 Å². The third kappa shape index (κ3) is 6.24. The molecule has 172 valence electrons. The standard InChI is InChI=1S/C17H14IN7O.C2HF3O2/c1-10-15(18)16(24-26-10)14-7-8-19-17(22-14)21-12-3-5-13(6-4-12)25-9-20-11(2)23-25;3-2(4,5)1(6)7/h3-9H,1-2H3,(H,19,21,22);(H,6,7). The summed E-state index contributed by atoms with van der Waals surface area (Å²) in [5.41, 5.74) is 3.22. The van der Waals surface area contributed by atoms with Crippen LogP contribution >= 0.6 is 22.6 Å². The highest BCUT2D eigenvalue weighted by Crippen LogP contribution is 2.26. The first-order valence-electron chi connectivity index (χ1n) is 9.05. The lowest BCUT2D eigenvalue weighted by atomic mass is 10.3. The third-order valence-corrected chi connectivity index (χ3v) is 5.20. The van der Waals surface area contributed by atoms with Crippen LogP contribution in [0.15, 0.2) is 47.4 Å². The molecule has 0 saturated heterocycles. The first-order valence-corrected chi connectivity index (χ1v) is 10.1. The molecule has 1 aromatic carbocycles. The summed E-state index contributed by atoms with van der Waals surface area (Å²) in [6.45, 7) is 3.73. The fraction of sp³-hybridized carbons (Fsp3) is 0.158. The molecule has 0 amide bonds. The van der Waals surface area contributed by atoms with Crippen LogP contribution in [-0.2, 0) is 4.79 Å². The molecule has 14 heteroatoms. The fourth-order valence-electron chi connectivity index (χ4n) is 2.37. The average molecular weight is 573 g/mol. The van der Waals surface area contributed by atoms with Crippen LogP contribution < -0.4 is 5.32 Å². The Labute approximate surface area is 198 Å². The summed E-state index contributed by atoms with van der Waals surface area (Å²) < 4.78 is 39.6. The Morgan fingerprint density at radius 3 is 2.33 bits per heavy atom. The van der Waals surface area contributed by atoms with Crippen molar-refractivity contribution in [2.45, 2.75) is 20.0 Å². The van der Waals surface area contributed by atoms with Gasteiger partial charge in [-0.05, 0) is 66.8 Å². The summed E-state index contributed by atoms with van der Waals surface area (Å²) in [7, 11) is 0. The van der Waals surface area contributed by atoms with Gasteiger partial charge in [-0.25, -0.2) is 24.4 Å². The molecule has 0 atom stereocenters. The Bertz CT molecular complexity index is 1260. The summed E-state index contributed by atoms with van der Waals surface area (Å²) in [6, 6.07) is 9.58. The molecule has 0 saturated carbocycles. The highest BCUT2D eigenvalue weighted by Gasteiger charge is 2.38. The predicted molar refractivity (Wildman–Crippen MR) is 118 cm³/mol. The molecule has 0 aliphatic carbocycles. The second kappa shape index (κ2) is 9.93. The molecule has 0 spiro atoms. The van der Waals surface area contributed by atoms with Crippen LogP contribution in [0.5, 0.6) is 0 Å². The Morgan fingerprint density at radius 1 is 1.15 bits per heavy atom. The van der Waals surface area contributed by atoms with E-state index in [2.05, 4.69) is 53.1 Å². The molecule has 0 aliphatic heterocycles. The number of hydrogen-bond acceptors (Lipinski definition) is 8. The number of nitrogens with one attached hydrogen (secondary N) is 1. The zero-order valence-electron chi connectivity index (χ0n) is 17.0. The number of rotatable bonds is 4. The maximum absolute atomic E-state index is 10.6. The van der Waals surface area contributed by atoms with Gasteiger partial charge in [0.2, 0.25) is 5.95 Å². The van der Waals surface area contributed by atoms with Crippen molar-refractivity contribution in [1.29, 1.82) is 0 Å². The molecule has 3 aromatic heterocycles. The minimum Gasteiger partial charge on any atom is -0.475 e. The minimum absolute atomic E-state index is 0.489. The average Bonchev–Trinajstić information content (AvgIpc) is 3.34. The monoisotopic (exact) mass is 573 g/mol. The Hall–Kier alpha value is -3.56.